The van der Waals surface area contributed by atoms with E-state index in [1.54, 1.807) is 0 Å². The molecule has 1 saturated heterocycles. The number of morpholine rings is 1. The van der Waals surface area contributed by atoms with Crippen LogP contribution in [0.5, 0.6) is 0 Å². The van der Waals surface area contributed by atoms with Crippen molar-refractivity contribution in [2.24, 2.45) is 5.41 Å². The number of ether oxygens (including phenoxy) is 1. The molecule has 0 spiro atoms. The van der Waals surface area contributed by atoms with Crippen molar-refractivity contribution >= 4 is 5.91 Å². The molecule has 1 amide bonds. The van der Waals surface area contributed by atoms with Gasteiger partial charge in [0.1, 0.15) is 0 Å². The molecule has 3 heteroatoms. The van der Waals surface area contributed by atoms with Gasteiger partial charge >= 0.3 is 0 Å². The average Bonchev–Trinajstić information content (AvgIpc) is 2.39. The lowest BCUT2D eigenvalue weighted by molar-refractivity contribution is -0.148. The van der Waals surface area contributed by atoms with Crippen molar-refractivity contribution in [3.63, 3.8) is 0 Å². The Morgan fingerprint density at radius 3 is 2.63 bits per heavy atom. The molecule has 1 aliphatic heterocycles. The maximum Gasteiger partial charge on any atom is 0.228 e. The van der Waals surface area contributed by atoms with Gasteiger partial charge in [-0.2, -0.15) is 0 Å². The van der Waals surface area contributed by atoms with E-state index in [1.807, 2.05) is 43.9 Å². The molecule has 19 heavy (non-hydrogen) atoms. The van der Waals surface area contributed by atoms with Crippen molar-refractivity contribution in [3.05, 3.63) is 35.9 Å². The van der Waals surface area contributed by atoms with E-state index in [4.69, 9.17) is 4.74 Å². The Morgan fingerprint density at radius 2 is 2.00 bits per heavy atom. The molecule has 1 heterocycles. The van der Waals surface area contributed by atoms with E-state index in [1.165, 1.54) is 5.56 Å². The minimum Gasteiger partial charge on any atom is -0.377 e. The van der Waals surface area contributed by atoms with Gasteiger partial charge in [0, 0.05) is 12.0 Å². The lowest BCUT2D eigenvalue weighted by Crippen LogP contribution is -2.53. The second-order valence-corrected chi connectivity index (χ2v) is 6.17. The Balaban J connectivity index is 2.10. The normalized spacial score (nSPS) is 20.4. The van der Waals surface area contributed by atoms with Gasteiger partial charge in [0.15, 0.2) is 0 Å². The van der Waals surface area contributed by atoms with Gasteiger partial charge in [-0.25, -0.2) is 0 Å². The van der Waals surface area contributed by atoms with E-state index in [-0.39, 0.29) is 17.4 Å². The van der Waals surface area contributed by atoms with Crippen LogP contribution in [0.25, 0.3) is 0 Å². The largest absolute Gasteiger partial charge is 0.377 e. The zero-order valence-electron chi connectivity index (χ0n) is 12.1. The summed E-state index contributed by atoms with van der Waals surface area (Å²) in [5.74, 6) is 0.219. The number of carbonyl (C=O) groups is 1. The fourth-order valence-corrected chi connectivity index (χ4v) is 2.41. The Hall–Kier alpha value is -1.35. The van der Waals surface area contributed by atoms with Gasteiger partial charge in [-0.05, 0) is 12.0 Å². The van der Waals surface area contributed by atoms with E-state index in [2.05, 4.69) is 12.1 Å². The van der Waals surface area contributed by atoms with E-state index in [0.717, 1.165) is 6.42 Å². The summed E-state index contributed by atoms with van der Waals surface area (Å²) in [4.78, 5) is 14.5. The van der Waals surface area contributed by atoms with Crippen LogP contribution in [0.1, 0.15) is 26.3 Å². The number of hydrogen-bond acceptors (Lipinski definition) is 2. The number of benzene rings is 1. The fourth-order valence-electron chi connectivity index (χ4n) is 2.41. The van der Waals surface area contributed by atoms with Crippen molar-refractivity contribution in [1.82, 2.24) is 4.90 Å². The van der Waals surface area contributed by atoms with Gasteiger partial charge in [0.05, 0.1) is 19.3 Å². The SMILES string of the molecule is CC(C)(C)C(=O)N1CCOCC1Cc1ccccc1. The number of amides is 1. The summed E-state index contributed by atoms with van der Waals surface area (Å²) >= 11 is 0. The standard InChI is InChI=1S/C16H23NO2/c1-16(2,3)15(18)17-9-10-19-12-14(17)11-13-7-5-4-6-8-13/h4-8,14H,9-12H2,1-3H3. The van der Waals surface area contributed by atoms with Crippen LogP contribution in [0.2, 0.25) is 0 Å². The van der Waals surface area contributed by atoms with Crippen molar-refractivity contribution in [2.45, 2.75) is 33.2 Å². The number of hydrogen-bond donors (Lipinski definition) is 0. The third kappa shape index (κ3) is 3.57. The quantitative estimate of drug-likeness (QED) is 0.818. The van der Waals surface area contributed by atoms with Gasteiger partial charge < -0.3 is 9.64 Å². The van der Waals surface area contributed by atoms with Crippen LogP contribution in [0.3, 0.4) is 0 Å². The highest BCUT2D eigenvalue weighted by atomic mass is 16.5. The fraction of sp³-hybridized carbons (Fsp3) is 0.562. The molecule has 1 aromatic carbocycles. The molecule has 104 valence electrons. The first kappa shape index (κ1) is 14.1. The van der Waals surface area contributed by atoms with Crippen LogP contribution >= 0.6 is 0 Å². The molecule has 1 atom stereocenters. The highest BCUT2D eigenvalue weighted by Crippen LogP contribution is 2.22. The molecule has 0 saturated carbocycles. The topological polar surface area (TPSA) is 29.5 Å². The summed E-state index contributed by atoms with van der Waals surface area (Å²) in [5, 5.41) is 0. The summed E-state index contributed by atoms with van der Waals surface area (Å²) in [6.45, 7) is 7.91. The number of carbonyl (C=O) groups excluding carboxylic acids is 1. The highest BCUT2D eigenvalue weighted by molar-refractivity contribution is 5.82. The lowest BCUT2D eigenvalue weighted by atomic mass is 9.92. The number of rotatable bonds is 2. The van der Waals surface area contributed by atoms with Crippen molar-refractivity contribution in [2.75, 3.05) is 19.8 Å². The Labute approximate surface area is 115 Å². The monoisotopic (exact) mass is 261 g/mol. The van der Waals surface area contributed by atoms with Crippen LogP contribution in [0, 0.1) is 5.41 Å². The van der Waals surface area contributed by atoms with Crippen LogP contribution in [0.15, 0.2) is 30.3 Å². The molecule has 0 radical (unpaired) electrons. The molecule has 0 bridgehead atoms. The highest BCUT2D eigenvalue weighted by Gasteiger charge is 2.33. The molecular formula is C16H23NO2. The molecule has 0 aliphatic carbocycles. The van der Waals surface area contributed by atoms with Gasteiger partial charge in [-0.1, -0.05) is 51.1 Å². The molecular weight excluding hydrogens is 238 g/mol. The van der Waals surface area contributed by atoms with Gasteiger partial charge in [0.2, 0.25) is 5.91 Å². The summed E-state index contributed by atoms with van der Waals surface area (Å²) < 4.78 is 5.55. The smallest absolute Gasteiger partial charge is 0.228 e. The van der Waals surface area contributed by atoms with Crippen molar-refractivity contribution in [1.29, 1.82) is 0 Å². The molecule has 1 fully saturated rings. The van der Waals surface area contributed by atoms with E-state index < -0.39 is 0 Å². The van der Waals surface area contributed by atoms with E-state index >= 15 is 0 Å². The minimum atomic E-state index is -0.327. The maximum atomic E-state index is 12.5. The first-order chi connectivity index (χ1) is 8.98. The van der Waals surface area contributed by atoms with Gasteiger partial charge in [-0.3, -0.25) is 4.79 Å². The van der Waals surface area contributed by atoms with Gasteiger partial charge in [-0.15, -0.1) is 0 Å². The Bertz CT molecular complexity index is 422. The van der Waals surface area contributed by atoms with Crippen molar-refractivity contribution in [3.8, 4) is 0 Å². The second kappa shape index (κ2) is 5.74. The van der Waals surface area contributed by atoms with Crippen LogP contribution < -0.4 is 0 Å². The molecule has 3 nitrogen and oxygen atoms in total. The van der Waals surface area contributed by atoms with Crippen LogP contribution in [-0.4, -0.2) is 36.6 Å². The average molecular weight is 261 g/mol. The summed E-state index contributed by atoms with van der Waals surface area (Å²) in [5.41, 5.74) is 0.927. The zero-order valence-corrected chi connectivity index (χ0v) is 12.1. The summed E-state index contributed by atoms with van der Waals surface area (Å²) in [7, 11) is 0. The van der Waals surface area contributed by atoms with Crippen LogP contribution in [0.4, 0.5) is 0 Å². The first-order valence-electron chi connectivity index (χ1n) is 6.91. The Kier molecular flexibility index (Phi) is 4.25. The number of nitrogens with zero attached hydrogens (tertiary/aromatic N) is 1. The lowest BCUT2D eigenvalue weighted by Gasteiger charge is -2.39. The third-order valence-electron chi connectivity index (χ3n) is 3.44. The second-order valence-electron chi connectivity index (χ2n) is 6.17. The Morgan fingerprint density at radius 1 is 1.32 bits per heavy atom. The first-order valence-corrected chi connectivity index (χ1v) is 6.91. The van der Waals surface area contributed by atoms with Crippen LogP contribution in [-0.2, 0) is 16.0 Å². The summed E-state index contributed by atoms with van der Waals surface area (Å²) in [6, 6.07) is 10.5. The van der Waals surface area contributed by atoms with E-state index in [0.29, 0.717) is 19.8 Å². The molecule has 2 rings (SSSR count). The predicted molar refractivity (Wildman–Crippen MR) is 75.9 cm³/mol. The molecule has 0 aromatic heterocycles. The minimum absolute atomic E-state index is 0.155. The maximum absolute atomic E-state index is 12.5. The molecule has 1 aromatic rings. The van der Waals surface area contributed by atoms with Crippen molar-refractivity contribution < 1.29 is 9.53 Å². The van der Waals surface area contributed by atoms with Gasteiger partial charge in [0.25, 0.3) is 0 Å². The third-order valence-corrected chi connectivity index (χ3v) is 3.44. The molecule has 1 unspecified atom stereocenters. The molecule has 0 N–H and O–H groups in total. The predicted octanol–water partition coefficient (Wildman–Crippen LogP) is 2.50. The van der Waals surface area contributed by atoms with E-state index in [9.17, 15) is 4.79 Å². The zero-order chi connectivity index (χ0) is 13.9. The molecule has 1 aliphatic rings. The summed E-state index contributed by atoms with van der Waals surface area (Å²) in [6.07, 6.45) is 0.864.